The Hall–Kier alpha value is -1.49. The topological polar surface area (TPSA) is 37.2 Å². The lowest BCUT2D eigenvalue weighted by atomic mass is 10.1. The van der Waals surface area contributed by atoms with Gasteiger partial charge < -0.3 is 9.64 Å². The molecule has 0 aliphatic carbocycles. The molecule has 2 heterocycles. The van der Waals surface area contributed by atoms with Crippen LogP contribution in [-0.4, -0.2) is 41.7 Å². The maximum Gasteiger partial charge on any atom is 0.186 e. The van der Waals surface area contributed by atoms with Gasteiger partial charge in [-0.15, -0.1) is 5.10 Å². The van der Waals surface area contributed by atoms with Gasteiger partial charge in [0.25, 0.3) is 0 Å². The minimum Gasteiger partial charge on any atom is -0.497 e. The predicted molar refractivity (Wildman–Crippen MR) is 80.2 cm³/mol. The Bertz CT molecular complexity index is 504. The van der Waals surface area contributed by atoms with Crippen LogP contribution in [0.5, 0.6) is 5.75 Å². The van der Waals surface area contributed by atoms with E-state index in [2.05, 4.69) is 15.1 Å². The summed E-state index contributed by atoms with van der Waals surface area (Å²) in [4.78, 5) is 2.33. The number of nitrogens with zero attached hydrogens (tertiary/aromatic N) is 3. The highest BCUT2D eigenvalue weighted by molar-refractivity contribution is 8.14. The first-order valence-corrected chi connectivity index (χ1v) is 7.52. The number of rotatable bonds is 2. The summed E-state index contributed by atoms with van der Waals surface area (Å²) in [6.07, 6.45) is 2.54. The molecule has 0 radical (unpaired) electrons. The summed E-state index contributed by atoms with van der Waals surface area (Å²) < 4.78 is 5.16. The van der Waals surface area contributed by atoms with Gasteiger partial charge in [-0.2, -0.15) is 5.10 Å². The van der Waals surface area contributed by atoms with Crippen LogP contribution in [0.3, 0.4) is 0 Å². The molecule has 0 N–H and O–H groups in total. The van der Waals surface area contributed by atoms with Crippen molar-refractivity contribution in [3.63, 3.8) is 0 Å². The second kappa shape index (κ2) is 5.65. The summed E-state index contributed by atoms with van der Waals surface area (Å²) in [5, 5.41) is 9.84. The van der Waals surface area contributed by atoms with Crippen LogP contribution in [0.2, 0.25) is 0 Å². The summed E-state index contributed by atoms with van der Waals surface area (Å²) in [6.45, 7) is 2.25. The van der Waals surface area contributed by atoms with Crippen molar-refractivity contribution in [3.8, 4) is 5.75 Å². The van der Waals surface area contributed by atoms with Gasteiger partial charge in [0.1, 0.15) is 5.75 Å². The molecule has 2 aliphatic heterocycles. The molecule has 0 atom stereocenters. The lowest BCUT2D eigenvalue weighted by Gasteiger charge is -2.21. The van der Waals surface area contributed by atoms with E-state index in [0.29, 0.717) is 0 Å². The van der Waals surface area contributed by atoms with Gasteiger partial charge in [-0.3, -0.25) is 0 Å². The van der Waals surface area contributed by atoms with Crippen LogP contribution in [-0.2, 0) is 0 Å². The minimum absolute atomic E-state index is 0.870. The van der Waals surface area contributed by atoms with Gasteiger partial charge in [-0.1, -0.05) is 11.8 Å². The smallest absolute Gasteiger partial charge is 0.186 e. The van der Waals surface area contributed by atoms with Crippen LogP contribution in [0.4, 0.5) is 0 Å². The fourth-order valence-electron chi connectivity index (χ4n) is 2.28. The van der Waals surface area contributed by atoms with E-state index in [1.54, 1.807) is 18.9 Å². The molecule has 0 bridgehead atoms. The quantitative estimate of drug-likeness (QED) is 0.832. The summed E-state index contributed by atoms with van der Waals surface area (Å²) >= 11 is 1.79. The maximum absolute atomic E-state index is 5.16. The summed E-state index contributed by atoms with van der Waals surface area (Å²) in [7, 11) is 1.68. The van der Waals surface area contributed by atoms with E-state index >= 15 is 0 Å². The van der Waals surface area contributed by atoms with Crippen LogP contribution in [0.1, 0.15) is 18.4 Å². The Morgan fingerprint density at radius 1 is 1.11 bits per heavy atom. The Balaban J connectivity index is 1.75. The average molecular weight is 275 g/mol. The van der Waals surface area contributed by atoms with Gasteiger partial charge in [-0.25, -0.2) is 0 Å². The third-order valence-electron chi connectivity index (χ3n) is 3.39. The third-order valence-corrected chi connectivity index (χ3v) is 4.41. The largest absolute Gasteiger partial charge is 0.497 e. The molecular weight excluding hydrogens is 258 g/mol. The van der Waals surface area contributed by atoms with E-state index in [-0.39, 0.29) is 0 Å². The second-order valence-electron chi connectivity index (χ2n) is 4.64. The van der Waals surface area contributed by atoms with Crippen molar-refractivity contribution in [1.29, 1.82) is 0 Å². The van der Waals surface area contributed by atoms with E-state index in [0.717, 1.165) is 41.0 Å². The molecule has 1 saturated heterocycles. The molecule has 5 heteroatoms. The zero-order valence-electron chi connectivity index (χ0n) is 11.0. The number of hydrogen-bond acceptors (Lipinski definition) is 5. The van der Waals surface area contributed by atoms with Gasteiger partial charge in [0.2, 0.25) is 0 Å². The number of benzene rings is 1. The molecule has 0 unspecified atom stereocenters. The van der Waals surface area contributed by atoms with E-state index < -0.39 is 0 Å². The summed E-state index contributed by atoms with van der Waals surface area (Å²) in [5.41, 5.74) is 2.16. The summed E-state index contributed by atoms with van der Waals surface area (Å²) in [5.74, 6) is 1.76. The van der Waals surface area contributed by atoms with Crippen molar-refractivity contribution in [2.24, 2.45) is 10.2 Å². The zero-order valence-corrected chi connectivity index (χ0v) is 11.8. The first-order chi connectivity index (χ1) is 9.36. The van der Waals surface area contributed by atoms with Crippen molar-refractivity contribution >= 4 is 22.6 Å². The Morgan fingerprint density at radius 2 is 1.84 bits per heavy atom. The zero-order chi connectivity index (χ0) is 13.1. The SMILES string of the molecule is COc1ccc(C2=NN=C(N3CCCC3)SC2)cc1. The number of methoxy groups -OCH3 is 1. The molecule has 1 fully saturated rings. The van der Waals surface area contributed by atoms with Gasteiger partial charge in [0, 0.05) is 18.8 Å². The van der Waals surface area contributed by atoms with Crippen LogP contribution in [0, 0.1) is 0 Å². The predicted octanol–water partition coefficient (Wildman–Crippen LogP) is 2.60. The highest BCUT2D eigenvalue weighted by atomic mass is 32.2. The maximum atomic E-state index is 5.16. The number of hydrogen-bond donors (Lipinski definition) is 0. The van der Waals surface area contributed by atoms with Gasteiger partial charge in [-0.05, 0) is 42.7 Å². The molecule has 1 aromatic rings. The molecule has 0 amide bonds. The second-order valence-corrected chi connectivity index (χ2v) is 5.58. The molecular formula is C14H17N3OS. The van der Waals surface area contributed by atoms with E-state index in [4.69, 9.17) is 4.74 Å². The first kappa shape index (κ1) is 12.5. The van der Waals surface area contributed by atoms with E-state index in [9.17, 15) is 0 Å². The summed E-state index contributed by atoms with van der Waals surface area (Å²) in [6, 6.07) is 7.99. The Kier molecular flexibility index (Phi) is 3.73. The molecule has 0 spiro atoms. The van der Waals surface area contributed by atoms with Crippen molar-refractivity contribution in [2.45, 2.75) is 12.8 Å². The molecule has 3 rings (SSSR count). The Labute approximate surface area is 117 Å². The normalized spacial score (nSPS) is 19.1. The lowest BCUT2D eigenvalue weighted by Crippen LogP contribution is -2.27. The number of likely N-dealkylation sites (tertiary alicyclic amines) is 1. The highest BCUT2D eigenvalue weighted by Gasteiger charge is 2.20. The Morgan fingerprint density at radius 3 is 2.42 bits per heavy atom. The minimum atomic E-state index is 0.870. The van der Waals surface area contributed by atoms with Gasteiger partial charge in [0.15, 0.2) is 5.17 Å². The number of thioether (sulfide) groups is 1. The fourth-order valence-corrected chi connectivity index (χ4v) is 3.24. The monoisotopic (exact) mass is 275 g/mol. The van der Waals surface area contributed by atoms with Crippen molar-refractivity contribution in [1.82, 2.24) is 4.90 Å². The standard InChI is InChI=1S/C14H17N3OS/c1-18-12-6-4-11(5-7-12)13-10-19-14(16-15-13)17-8-2-3-9-17/h4-7H,2-3,8-10H2,1H3. The molecule has 19 heavy (non-hydrogen) atoms. The van der Waals surface area contributed by atoms with E-state index in [1.165, 1.54) is 12.8 Å². The van der Waals surface area contributed by atoms with Gasteiger partial charge in [0.05, 0.1) is 12.8 Å². The van der Waals surface area contributed by atoms with Crippen molar-refractivity contribution in [2.75, 3.05) is 26.0 Å². The van der Waals surface area contributed by atoms with E-state index in [1.807, 2.05) is 24.3 Å². The molecule has 4 nitrogen and oxygen atoms in total. The third kappa shape index (κ3) is 2.76. The van der Waals surface area contributed by atoms with Crippen LogP contribution in [0.25, 0.3) is 0 Å². The van der Waals surface area contributed by atoms with Crippen molar-refractivity contribution in [3.05, 3.63) is 29.8 Å². The van der Waals surface area contributed by atoms with Crippen LogP contribution < -0.4 is 4.74 Å². The average Bonchev–Trinajstić information content (AvgIpc) is 3.02. The lowest BCUT2D eigenvalue weighted by molar-refractivity contribution is 0.415. The first-order valence-electron chi connectivity index (χ1n) is 6.53. The molecule has 0 saturated carbocycles. The number of amidine groups is 1. The molecule has 0 aromatic heterocycles. The number of ether oxygens (including phenoxy) is 1. The van der Waals surface area contributed by atoms with Gasteiger partial charge >= 0.3 is 0 Å². The molecule has 2 aliphatic rings. The molecule has 1 aromatic carbocycles. The fraction of sp³-hybridized carbons (Fsp3) is 0.429. The molecule has 100 valence electrons. The van der Waals surface area contributed by atoms with Crippen LogP contribution in [0.15, 0.2) is 34.5 Å². The van der Waals surface area contributed by atoms with Crippen LogP contribution >= 0.6 is 11.8 Å². The van der Waals surface area contributed by atoms with Crippen molar-refractivity contribution < 1.29 is 4.74 Å². The highest BCUT2D eigenvalue weighted by Crippen LogP contribution is 2.22.